The van der Waals surface area contributed by atoms with Crippen LogP contribution in [0.5, 0.6) is 11.5 Å². The van der Waals surface area contributed by atoms with Gasteiger partial charge >= 0.3 is 162 Å². The zero-order valence-corrected chi connectivity index (χ0v) is 87.8. The van der Waals surface area contributed by atoms with Gasteiger partial charge in [-0.25, -0.2) is 33.7 Å². The van der Waals surface area contributed by atoms with Gasteiger partial charge in [-0.05, 0) is 93.8 Å². The van der Waals surface area contributed by atoms with E-state index in [1.165, 1.54) is 18.2 Å². The average molecular weight is 1900 g/mol. The minimum Gasteiger partial charge on any atom is -0.748 e. The molecule has 3 aromatic carbocycles. The molecule has 0 bridgehead atoms. The van der Waals surface area contributed by atoms with Gasteiger partial charge in [0, 0.05) is 124 Å². The molecule has 0 amide bonds. The molecule has 0 saturated heterocycles. The molecule has 0 saturated carbocycles. The summed E-state index contributed by atoms with van der Waals surface area (Å²) in [5, 5.41) is 99.1. The van der Waals surface area contributed by atoms with Crippen LogP contribution in [0.25, 0.3) is 0 Å². The third kappa shape index (κ3) is 83.9. The molecule has 3 rings (SSSR count). The van der Waals surface area contributed by atoms with Crippen molar-refractivity contribution in [2.45, 2.75) is 198 Å². The van der Waals surface area contributed by atoms with E-state index in [1.807, 2.05) is 91.8 Å². The van der Waals surface area contributed by atoms with E-state index in [4.69, 9.17) is 28.4 Å². The first-order valence-corrected chi connectivity index (χ1v) is 47.6. The van der Waals surface area contributed by atoms with Crippen LogP contribution in [-0.2, 0) is 69.5 Å². The predicted molar refractivity (Wildman–Crippen MR) is 441 cm³/mol. The van der Waals surface area contributed by atoms with Crippen molar-refractivity contribution >= 4 is 56.3 Å². The van der Waals surface area contributed by atoms with Crippen molar-refractivity contribution in [1.29, 1.82) is 0 Å². The fraction of sp³-hybridized carbons (Fsp3) is 0.763. The molecule has 10 atom stereocenters. The number of hydrogen-bond donors (Lipinski definition) is 11. The molecule has 0 aromatic heterocycles. The fourth-order valence-corrected chi connectivity index (χ4v) is 12.6. The first-order chi connectivity index (χ1) is 54.9. The molecule has 10 unspecified atom stereocenters. The van der Waals surface area contributed by atoms with Crippen molar-refractivity contribution in [2.24, 2.45) is 0 Å². The molecular formula is C76H139K2N5Na2O31S5. The van der Waals surface area contributed by atoms with Crippen LogP contribution in [0.1, 0.15) is 132 Å². The minimum absolute atomic E-state index is 0. The Balaban J connectivity index is -0.000000347. The maximum atomic E-state index is 11.6. The Morgan fingerprint density at radius 2 is 0.554 bits per heavy atom. The number of para-hydroxylation sites is 2. The van der Waals surface area contributed by atoms with Crippen LogP contribution >= 0.6 is 0 Å². The molecule has 0 aliphatic heterocycles. The minimum atomic E-state index is -4.41. The molecule has 0 aliphatic carbocycles. The maximum Gasteiger partial charge on any atom is 1.00 e. The van der Waals surface area contributed by atoms with Crippen molar-refractivity contribution in [3.8, 4) is 11.5 Å². The van der Waals surface area contributed by atoms with E-state index in [1.54, 1.807) is 54.8 Å². The van der Waals surface area contributed by atoms with Gasteiger partial charge in [-0.15, -0.1) is 0 Å². The summed E-state index contributed by atoms with van der Waals surface area (Å²) in [5.74, 6) is -0.931. The van der Waals surface area contributed by atoms with Crippen LogP contribution in [0, 0.1) is 0 Å². The molecule has 0 spiro atoms. The summed E-state index contributed by atoms with van der Waals surface area (Å²) in [5.41, 5.74) is 0.405. The molecule has 36 nitrogen and oxygen atoms in total. The third-order valence-electron chi connectivity index (χ3n) is 16.8. The molecule has 0 fully saturated rings. The second kappa shape index (κ2) is 79.7. The van der Waals surface area contributed by atoms with Gasteiger partial charge in [-0.1, -0.05) is 124 Å². The Hall–Kier alpha value is 1.16. The molecular weight excluding hydrogens is 1760 g/mol. The molecule has 0 radical (unpaired) electrons. The summed E-state index contributed by atoms with van der Waals surface area (Å²) in [6.45, 7) is 19.7. The Bertz CT molecular complexity index is 3250. The van der Waals surface area contributed by atoms with Crippen LogP contribution in [0.3, 0.4) is 0 Å². The zero-order chi connectivity index (χ0) is 88.9. The summed E-state index contributed by atoms with van der Waals surface area (Å²) >= 11 is 0. The van der Waals surface area contributed by atoms with Gasteiger partial charge in [0.2, 0.25) is 0 Å². The SMILES string of the molecule is CCC(O)CN(CCS(=O)(=O)[O-])CC(O)CC.CCC(O)CN(CCS(=O)(=O)[O-])CC(O)CC.CCCCOCC(O)CN(CCS(=O)(=O)[O-])CC(O)COCCCC.CCCCOCC(O)CN(CCS(=O)(=O)[O-])CC(O)COCCCC.O=S(=O)(O)c1cccc(N(CC(O)COc2ccccc2)CC(O)COc2ccccc2)c1.[K+].[K+].[Na+].[Na+]. The summed E-state index contributed by atoms with van der Waals surface area (Å²) < 4.78 is 193. The van der Waals surface area contributed by atoms with Crippen molar-refractivity contribution in [1.82, 2.24) is 19.6 Å². The maximum absolute atomic E-state index is 11.6. The van der Waals surface area contributed by atoms with Crippen molar-refractivity contribution in [2.75, 3.05) is 186 Å². The average Bonchev–Trinajstić information content (AvgIpc) is 0.829. The topological polar surface area (TPSA) is 557 Å². The van der Waals surface area contributed by atoms with Gasteiger partial charge in [-0.3, -0.25) is 24.2 Å². The van der Waals surface area contributed by atoms with Gasteiger partial charge < -0.3 is 103 Å². The van der Waals surface area contributed by atoms with Gasteiger partial charge in [0.15, 0.2) is 0 Å². The van der Waals surface area contributed by atoms with Gasteiger partial charge in [0.1, 0.15) is 36.9 Å². The van der Waals surface area contributed by atoms with Gasteiger partial charge in [0.05, 0.1) is 144 Å². The van der Waals surface area contributed by atoms with Crippen molar-refractivity contribution in [3.63, 3.8) is 0 Å². The summed E-state index contributed by atoms with van der Waals surface area (Å²) in [6.07, 6.45) is 2.29. The molecule has 3 aromatic rings. The van der Waals surface area contributed by atoms with Crippen molar-refractivity contribution in [3.05, 3.63) is 84.9 Å². The molecule has 0 aliphatic rings. The monoisotopic (exact) mass is 1900 g/mol. The Morgan fingerprint density at radius 3 is 0.769 bits per heavy atom. The van der Waals surface area contributed by atoms with E-state index in [9.17, 15) is 116 Å². The van der Waals surface area contributed by atoms with E-state index in [0.717, 1.165) is 51.4 Å². The van der Waals surface area contributed by atoms with Crippen LogP contribution in [0.15, 0.2) is 89.8 Å². The zero-order valence-electron chi connectivity index (χ0n) is 73.5. The molecule has 688 valence electrons. The van der Waals surface area contributed by atoms with E-state index >= 15 is 0 Å². The molecule has 0 heterocycles. The number of ether oxygens (including phenoxy) is 6. The number of benzene rings is 3. The van der Waals surface area contributed by atoms with Crippen LogP contribution in [-0.4, -0.2) is 377 Å². The van der Waals surface area contributed by atoms with Gasteiger partial charge in [0.25, 0.3) is 10.1 Å². The van der Waals surface area contributed by atoms with E-state index in [2.05, 4.69) is 0 Å². The summed E-state index contributed by atoms with van der Waals surface area (Å²) in [6, 6.07) is 23.7. The third-order valence-corrected chi connectivity index (χ3v) is 20.4. The number of hydrogen-bond acceptors (Lipinski definition) is 35. The molecule has 45 heteroatoms. The number of aliphatic hydroxyl groups is 10. The van der Waals surface area contributed by atoms with E-state index in [-0.39, 0.29) is 298 Å². The van der Waals surface area contributed by atoms with Crippen LogP contribution in [0.2, 0.25) is 0 Å². The number of aliphatic hydroxyl groups excluding tert-OH is 10. The fourth-order valence-electron chi connectivity index (χ4n) is 10.1. The largest absolute Gasteiger partial charge is 1.00 e. The first-order valence-electron chi connectivity index (χ1n) is 39.9. The predicted octanol–water partition coefficient (Wildman–Crippen LogP) is -10.2. The Kier molecular flexibility index (Phi) is 87.5. The number of anilines is 1. The smallest absolute Gasteiger partial charge is 0.748 e. The normalized spacial score (nSPS) is 14.2. The quantitative estimate of drug-likeness (QED) is 0.0142. The number of rotatable bonds is 64. The number of nitrogens with zero attached hydrogens (tertiary/aromatic N) is 5. The second-order valence-corrected chi connectivity index (χ2v) is 35.6. The Labute approximate surface area is 851 Å². The van der Waals surface area contributed by atoms with Crippen molar-refractivity contribution < 1.29 is 306 Å². The standard InChI is InChI=1S/C24H27NO7S.2C16H35NO7S.2C10H23NO5S.2K.2Na/c26-20(17-31-22-9-3-1-4-10-22)15-25(19-8-7-13-24(14-19)33(28,29)30)16-21(27)18-32-23-11-5-2-6-12-23;2*1-3-5-8-23-13-15(18)11-17(7-10-25(20,21)22)12-16(19)14-24-9-6-4-2;2*1-3-9(12)7-11(8-10(13)4-2)5-6-17(14,15)16;;;;/h1-14,20-21,26-27H,15-18H2,(H,28,29,30);2*15-16,18-19H,3-14H2,1-2H3,(H,20,21,22);2*9-10,12-13H,3-8H2,1-2H3,(H,14,15,16);;;;/q;;;;;4*+1/p-4. The molecule has 11 N–H and O–H groups in total. The van der Waals surface area contributed by atoms with Gasteiger partial charge in [-0.2, -0.15) is 8.42 Å². The summed E-state index contributed by atoms with van der Waals surface area (Å²) in [4.78, 5) is 7.66. The second-order valence-electron chi connectivity index (χ2n) is 28.1. The van der Waals surface area contributed by atoms with E-state index in [0.29, 0.717) is 69.3 Å². The van der Waals surface area contributed by atoms with E-state index < -0.39 is 135 Å². The van der Waals surface area contributed by atoms with Crippen LogP contribution < -0.4 is 176 Å². The first kappa shape index (κ1) is 133. The summed E-state index contributed by atoms with van der Waals surface area (Å²) in [7, 11) is -21.6. The van der Waals surface area contributed by atoms with Crippen LogP contribution in [0.4, 0.5) is 5.69 Å². The Morgan fingerprint density at radius 1 is 0.322 bits per heavy atom. The number of unbranched alkanes of at least 4 members (excludes halogenated alkanes) is 4. The molecule has 121 heavy (non-hydrogen) atoms.